The summed E-state index contributed by atoms with van der Waals surface area (Å²) in [6.07, 6.45) is 59.8. The molecule has 460 valence electrons. The normalized spacial score (nSPS) is 19.2. The Morgan fingerprint density at radius 1 is 0.494 bits per heavy atom. The van der Waals surface area contributed by atoms with Gasteiger partial charge in [-0.05, 0) is 64.2 Å². The minimum absolute atomic E-state index is 0.0478. The van der Waals surface area contributed by atoms with E-state index >= 15 is 0 Å². The van der Waals surface area contributed by atoms with E-state index in [9.17, 15) is 35.1 Å². The lowest BCUT2D eigenvalue weighted by molar-refractivity contribution is -0.305. The number of carbonyl (C=O) groups is 2. The number of unbranched alkanes of at least 4 members (excludes halogenated alkanes) is 34. The highest BCUT2D eigenvalue weighted by Gasteiger charge is 2.47. The minimum Gasteiger partial charge on any atom is -0.454 e. The molecule has 79 heavy (non-hydrogen) atoms. The zero-order valence-corrected chi connectivity index (χ0v) is 51.0. The van der Waals surface area contributed by atoms with Crippen LogP contribution in [-0.4, -0.2) is 99.6 Å². The van der Waals surface area contributed by atoms with Crippen LogP contribution in [0.3, 0.4) is 0 Å². The van der Waals surface area contributed by atoms with Gasteiger partial charge in [0.1, 0.15) is 24.4 Å². The lowest BCUT2D eigenvalue weighted by Crippen LogP contribution is -2.61. The number of esters is 1. The number of amides is 1. The zero-order valence-electron chi connectivity index (χ0n) is 51.0. The molecule has 8 atom stereocenters. The molecule has 1 aliphatic rings. The Morgan fingerprint density at radius 3 is 1.33 bits per heavy atom. The van der Waals surface area contributed by atoms with Crippen LogP contribution in [0.5, 0.6) is 0 Å². The van der Waals surface area contributed by atoms with Gasteiger partial charge in [0.2, 0.25) is 5.91 Å². The second kappa shape index (κ2) is 55.9. The molecule has 0 saturated carbocycles. The van der Waals surface area contributed by atoms with Crippen molar-refractivity contribution in [3.8, 4) is 0 Å². The van der Waals surface area contributed by atoms with Crippen molar-refractivity contribution >= 4 is 11.9 Å². The Labute approximate surface area is 484 Å². The molecule has 11 nitrogen and oxygen atoms in total. The number of aliphatic hydroxyl groups is 5. The maximum absolute atomic E-state index is 13.5. The highest BCUT2D eigenvalue weighted by molar-refractivity contribution is 5.80. The van der Waals surface area contributed by atoms with Crippen molar-refractivity contribution in [2.75, 3.05) is 13.2 Å². The van der Waals surface area contributed by atoms with Crippen LogP contribution in [0.4, 0.5) is 0 Å². The van der Waals surface area contributed by atoms with Gasteiger partial charge in [-0.3, -0.25) is 9.59 Å². The van der Waals surface area contributed by atoms with E-state index in [1.54, 1.807) is 6.08 Å². The molecule has 1 heterocycles. The molecule has 1 rings (SSSR count). The Morgan fingerprint density at radius 2 is 0.873 bits per heavy atom. The number of rotatable bonds is 56. The summed E-state index contributed by atoms with van der Waals surface area (Å²) in [5.74, 6) is -1.25. The first-order valence-corrected chi connectivity index (χ1v) is 33.1. The molecule has 0 aromatic rings. The van der Waals surface area contributed by atoms with E-state index in [-0.39, 0.29) is 19.4 Å². The highest BCUT2D eigenvalue weighted by atomic mass is 16.7. The number of ether oxygens (including phenoxy) is 3. The number of allylic oxidation sites excluding steroid dienone is 9. The van der Waals surface area contributed by atoms with E-state index in [1.807, 2.05) is 12.2 Å². The van der Waals surface area contributed by atoms with Crippen molar-refractivity contribution in [3.63, 3.8) is 0 Å². The molecule has 0 bridgehead atoms. The summed E-state index contributed by atoms with van der Waals surface area (Å²) in [4.78, 5) is 26.6. The van der Waals surface area contributed by atoms with Gasteiger partial charge in [0.05, 0.1) is 25.4 Å². The average Bonchev–Trinajstić information content (AvgIpc) is 3.49. The number of aliphatic hydroxyl groups excluding tert-OH is 5. The molecule has 0 aromatic heterocycles. The van der Waals surface area contributed by atoms with Gasteiger partial charge in [-0.25, -0.2) is 0 Å². The summed E-state index contributed by atoms with van der Waals surface area (Å²) in [7, 11) is 0. The Bertz CT molecular complexity index is 1510. The summed E-state index contributed by atoms with van der Waals surface area (Å²) in [6.45, 7) is 5.76. The molecule has 6 N–H and O–H groups in total. The van der Waals surface area contributed by atoms with Crippen molar-refractivity contribution in [2.24, 2.45) is 0 Å². The lowest BCUT2D eigenvalue weighted by Gasteiger charge is -2.41. The monoisotopic (exact) mass is 1110 g/mol. The molecule has 8 unspecified atom stereocenters. The zero-order chi connectivity index (χ0) is 57.5. The van der Waals surface area contributed by atoms with Crippen LogP contribution in [0, 0.1) is 0 Å². The largest absolute Gasteiger partial charge is 0.454 e. The summed E-state index contributed by atoms with van der Waals surface area (Å²) in [5.41, 5.74) is 0. The van der Waals surface area contributed by atoms with Gasteiger partial charge in [-0.2, -0.15) is 0 Å². The Hall–Kier alpha value is -2.64. The van der Waals surface area contributed by atoms with Gasteiger partial charge in [0.25, 0.3) is 0 Å². The molecule has 0 spiro atoms. The van der Waals surface area contributed by atoms with Gasteiger partial charge in [-0.15, -0.1) is 0 Å². The Balaban J connectivity index is 2.68. The van der Waals surface area contributed by atoms with Crippen molar-refractivity contribution in [1.82, 2.24) is 5.32 Å². The molecule has 11 heteroatoms. The lowest BCUT2D eigenvalue weighted by atomic mass is 9.99. The average molecular weight is 1110 g/mol. The minimum atomic E-state index is -1.64. The van der Waals surface area contributed by atoms with Crippen LogP contribution in [0.1, 0.15) is 297 Å². The van der Waals surface area contributed by atoms with E-state index in [4.69, 9.17) is 14.2 Å². The van der Waals surface area contributed by atoms with Crippen LogP contribution in [-0.2, 0) is 23.8 Å². The highest BCUT2D eigenvalue weighted by Crippen LogP contribution is 2.26. The third kappa shape index (κ3) is 43.7. The number of hydrogen-bond acceptors (Lipinski definition) is 10. The maximum Gasteiger partial charge on any atom is 0.306 e. The third-order valence-electron chi connectivity index (χ3n) is 15.4. The maximum atomic E-state index is 13.5. The van der Waals surface area contributed by atoms with E-state index in [2.05, 4.69) is 68.6 Å². The molecular formula is C68H123NO10. The molecule has 1 fully saturated rings. The quantitative estimate of drug-likeness (QED) is 0.0195. The molecule has 0 aromatic carbocycles. The van der Waals surface area contributed by atoms with Gasteiger partial charge in [0, 0.05) is 6.42 Å². The molecule has 1 aliphatic heterocycles. The SMILES string of the molecule is CCCCC/C=C\C/C=C\C/C=C\C/C=C\CCCC(=O)OC1C(OCC(NC(=O)C(O)CCCCCCCCCCCCCCCCCCCCCC)C(O)/C=C/CCCCCCCCCCCCC)OC(CO)C(O)C1O. The van der Waals surface area contributed by atoms with Crippen molar-refractivity contribution in [2.45, 2.75) is 346 Å². The smallest absolute Gasteiger partial charge is 0.306 e. The van der Waals surface area contributed by atoms with Crippen LogP contribution in [0.25, 0.3) is 0 Å². The van der Waals surface area contributed by atoms with Crippen LogP contribution in [0.15, 0.2) is 60.8 Å². The van der Waals surface area contributed by atoms with Crippen molar-refractivity contribution in [3.05, 3.63) is 60.8 Å². The fraction of sp³-hybridized carbons (Fsp3) is 0.824. The van der Waals surface area contributed by atoms with Gasteiger partial charge in [0.15, 0.2) is 12.4 Å². The van der Waals surface area contributed by atoms with Gasteiger partial charge in [-0.1, -0.05) is 287 Å². The molecule has 0 aliphatic carbocycles. The summed E-state index contributed by atoms with van der Waals surface area (Å²) in [5, 5.41) is 57.1. The topological polar surface area (TPSA) is 175 Å². The van der Waals surface area contributed by atoms with Crippen LogP contribution < -0.4 is 5.32 Å². The molecular weight excluding hydrogens is 991 g/mol. The standard InChI is InChI=1S/C68H123NO10/c1-4-7-10-13-16-19-22-25-27-29-30-31-33-34-37-40-43-46-49-52-55-61(72)67(76)69-59(60(71)54-51-48-45-42-39-36-24-21-18-15-12-9-6-3)58-77-68-66(65(75)64(74)62(57-70)78-68)79-63(73)56-53-50-47-44-41-38-35-32-28-26-23-20-17-14-11-8-5-2/h17,20,26,28,35,38,44,47,51,54,59-62,64-66,68,70-72,74-75H,4-16,18-19,21-25,27,29-34,36-37,39-43,45-46,48-50,52-53,55-58H2,1-3H3,(H,69,76)/b20-17-,28-26-,38-35-,47-44-,54-51+. The fourth-order valence-electron chi connectivity index (χ4n) is 10.2. The second-order valence-electron chi connectivity index (χ2n) is 22.9. The number of nitrogens with one attached hydrogen (secondary N) is 1. The third-order valence-corrected chi connectivity index (χ3v) is 15.4. The molecule has 1 saturated heterocycles. The second-order valence-corrected chi connectivity index (χ2v) is 22.9. The van der Waals surface area contributed by atoms with Crippen LogP contribution in [0.2, 0.25) is 0 Å². The fourth-order valence-corrected chi connectivity index (χ4v) is 10.2. The van der Waals surface area contributed by atoms with E-state index in [0.717, 1.165) is 64.2 Å². The summed E-state index contributed by atoms with van der Waals surface area (Å²) in [6, 6.07) is -1.03. The van der Waals surface area contributed by atoms with E-state index < -0.39 is 67.4 Å². The number of carbonyl (C=O) groups excluding carboxylic acids is 2. The first kappa shape index (κ1) is 74.4. The van der Waals surface area contributed by atoms with Gasteiger partial charge < -0.3 is 45.1 Å². The van der Waals surface area contributed by atoms with E-state index in [0.29, 0.717) is 19.3 Å². The molecule has 0 radical (unpaired) electrons. The summed E-state index contributed by atoms with van der Waals surface area (Å²) >= 11 is 0. The first-order chi connectivity index (χ1) is 38.7. The predicted octanol–water partition coefficient (Wildman–Crippen LogP) is 16.2. The van der Waals surface area contributed by atoms with Crippen molar-refractivity contribution < 1.29 is 49.3 Å². The van der Waals surface area contributed by atoms with Crippen molar-refractivity contribution in [1.29, 1.82) is 0 Å². The first-order valence-electron chi connectivity index (χ1n) is 33.1. The number of hydrogen-bond donors (Lipinski definition) is 6. The van der Waals surface area contributed by atoms with E-state index in [1.165, 1.54) is 180 Å². The molecule has 1 amide bonds. The van der Waals surface area contributed by atoms with Gasteiger partial charge >= 0.3 is 5.97 Å². The summed E-state index contributed by atoms with van der Waals surface area (Å²) < 4.78 is 17.6. The Kier molecular flexibility index (Phi) is 52.6. The van der Waals surface area contributed by atoms with Crippen LogP contribution >= 0.6 is 0 Å². The predicted molar refractivity (Wildman–Crippen MR) is 329 cm³/mol.